The van der Waals surface area contributed by atoms with E-state index in [1.165, 1.54) is 28.2 Å². The summed E-state index contributed by atoms with van der Waals surface area (Å²) < 4.78 is 81.0. The fraction of sp³-hybridized carbons (Fsp3) is 0.0959. The Hall–Kier alpha value is -8.67. The molecule has 0 aliphatic heterocycles. The standard InChI is InChI=1S/C73H58N4OSi.Pt/c1-50-40-71(74-48-65(50)53-28-15-9-16-29-53)77-66-35-20-19-34-62(66)63-39-38-60(47-69(63)77)78-59-31-23-30-58(46-59)75-49-76(68-37-22-21-36-67(68)75)72-64(44-57(73(2,3)4)45-70(72)79(5,6)61-32-17-10-18-33-61)56-42-54(51-24-11-7-12-25-51)41-55(43-56)52-26-13-8-14-27-52;/h7-45,48H,1-6H3;/q-2;/i1D3,9D,15D,16D,28D,29D;. The summed E-state index contributed by atoms with van der Waals surface area (Å²) in [6.07, 6.45) is 5.19. The first-order chi connectivity index (χ1) is 41.7. The largest absolute Gasteiger partial charge is 0.510 e. The van der Waals surface area contributed by atoms with Crippen LogP contribution in [0.25, 0.3) is 94.5 Å². The van der Waals surface area contributed by atoms with Crippen LogP contribution >= 0.6 is 0 Å². The predicted octanol–water partition coefficient (Wildman–Crippen LogP) is 16.7. The maximum atomic E-state index is 8.69. The van der Waals surface area contributed by atoms with E-state index in [1.54, 1.807) is 4.57 Å². The first-order valence-corrected chi connectivity index (χ1v) is 29.4. The number of aromatic nitrogens is 4. The molecule has 0 fully saturated rings. The van der Waals surface area contributed by atoms with Gasteiger partial charge in [-0.25, -0.2) is 4.98 Å². The average Bonchev–Trinajstić information content (AvgIpc) is 1.43. The number of ether oxygens (including phenoxy) is 1. The van der Waals surface area contributed by atoms with Crippen molar-refractivity contribution in [3.63, 3.8) is 0 Å². The Balaban J connectivity index is 0.00000754. The average molecular weight is 1240 g/mol. The Morgan fingerprint density at radius 1 is 0.575 bits per heavy atom. The minimum Gasteiger partial charge on any atom is -0.510 e. The molecule has 3 heterocycles. The second kappa shape index (κ2) is 21.2. The fourth-order valence-electron chi connectivity index (χ4n) is 10.9. The zero-order valence-corrected chi connectivity index (χ0v) is 48.0. The first-order valence-electron chi connectivity index (χ1n) is 30.4. The summed E-state index contributed by atoms with van der Waals surface area (Å²) in [6.45, 7) is 9.01. The molecule has 0 saturated heterocycles. The summed E-state index contributed by atoms with van der Waals surface area (Å²) in [7, 11) is -2.56. The molecule has 7 heteroatoms. The number of hydrogen-bond acceptors (Lipinski definition) is 2. The number of nitrogens with zero attached hydrogens (tertiary/aromatic N) is 4. The molecule has 80 heavy (non-hydrogen) atoms. The van der Waals surface area contributed by atoms with E-state index in [1.807, 2.05) is 65.2 Å². The van der Waals surface area contributed by atoms with Gasteiger partial charge >= 0.3 is 0 Å². The van der Waals surface area contributed by atoms with Gasteiger partial charge in [-0.3, -0.25) is 4.57 Å². The SMILES string of the molecule is [2H]c1c([2H])c([2H])c(-c2cnc(-n3c4[c-]c(Oc5[c-]c(-n6[c-][n+](-c7c(-c8cc(-c9ccccc9)cc(-c9ccccc9)c8)cc(C(C)(C)C)cc7[Si](C)(C)c7ccccc7)c7ccccc76)ccc5)ccc4c4ccccc43)cc2C([2H])([2H])[2H])c([2H])c1[2H].[Pt]. The third-order valence-corrected chi connectivity index (χ3v) is 18.6. The van der Waals surface area contributed by atoms with Crippen molar-refractivity contribution < 1.29 is 41.3 Å². The molecule has 0 radical (unpaired) electrons. The normalized spacial score (nSPS) is 13.4. The van der Waals surface area contributed by atoms with Crippen LogP contribution in [0.2, 0.25) is 13.1 Å². The van der Waals surface area contributed by atoms with Crippen LogP contribution < -0.4 is 19.7 Å². The molecule has 0 aliphatic carbocycles. The molecule has 13 aromatic rings. The number of pyridine rings is 1. The maximum Gasteiger partial charge on any atom is 0.268 e. The van der Waals surface area contributed by atoms with Gasteiger partial charge in [0.15, 0.2) is 0 Å². The minimum atomic E-state index is -2.77. The molecule has 0 unspecified atom stereocenters. The number of hydrogen-bond donors (Lipinski definition) is 0. The van der Waals surface area contributed by atoms with Crippen LogP contribution in [-0.4, -0.2) is 22.2 Å². The second-order valence-corrected chi connectivity index (χ2v) is 25.8. The minimum absolute atomic E-state index is 0. The number of rotatable bonds is 11. The van der Waals surface area contributed by atoms with Gasteiger partial charge in [0.2, 0.25) is 0 Å². The maximum absolute atomic E-state index is 8.69. The molecule has 3 aromatic heterocycles. The van der Waals surface area contributed by atoms with Gasteiger partial charge in [-0.05, 0) is 109 Å². The molecule has 392 valence electrons. The Morgan fingerprint density at radius 3 is 1.91 bits per heavy atom. The van der Waals surface area contributed by atoms with Crippen LogP contribution in [0.4, 0.5) is 0 Å². The molecule has 0 spiro atoms. The predicted molar refractivity (Wildman–Crippen MR) is 328 cm³/mol. The summed E-state index contributed by atoms with van der Waals surface area (Å²) >= 11 is 0. The zero-order valence-electron chi connectivity index (χ0n) is 52.7. The van der Waals surface area contributed by atoms with Crippen molar-refractivity contribution in [2.24, 2.45) is 0 Å². The van der Waals surface area contributed by atoms with E-state index >= 15 is 0 Å². The van der Waals surface area contributed by atoms with E-state index in [2.05, 4.69) is 196 Å². The third kappa shape index (κ3) is 9.63. The van der Waals surface area contributed by atoms with Crippen LogP contribution in [0.15, 0.2) is 243 Å². The van der Waals surface area contributed by atoms with E-state index in [-0.39, 0.29) is 49.0 Å². The third-order valence-electron chi connectivity index (χ3n) is 15.0. The van der Waals surface area contributed by atoms with Gasteiger partial charge in [-0.15, -0.1) is 29.7 Å². The zero-order chi connectivity index (χ0) is 60.7. The molecule has 0 aliphatic rings. The van der Waals surface area contributed by atoms with E-state index in [0.29, 0.717) is 28.2 Å². The Morgan fingerprint density at radius 2 is 1.21 bits per heavy atom. The number of benzene rings is 10. The second-order valence-electron chi connectivity index (χ2n) is 21.5. The Bertz CT molecular complexity index is 4760. The van der Waals surface area contributed by atoms with Crippen LogP contribution in [0, 0.1) is 25.3 Å². The van der Waals surface area contributed by atoms with Gasteiger partial charge in [-0.2, -0.15) is 18.2 Å². The van der Waals surface area contributed by atoms with Crippen LogP contribution in [0.1, 0.15) is 42.9 Å². The van der Waals surface area contributed by atoms with Crippen LogP contribution in [0.5, 0.6) is 11.5 Å². The van der Waals surface area contributed by atoms with E-state index in [9.17, 15) is 0 Å². The van der Waals surface area contributed by atoms with Crippen molar-refractivity contribution in [3.8, 4) is 73.2 Å². The van der Waals surface area contributed by atoms with Crippen molar-refractivity contribution in [2.45, 2.75) is 46.1 Å². The molecule has 0 atom stereocenters. The van der Waals surface area contributed by atoms with Crippen molar-refractivity contribution >= 4 is 51.3 Å². The van der Waals surface area contributed by atoms with Gasteiger partial charge in [0.1, 0.15) is 13.9 Å². The molecule has 0 bridgehead atoms. The fourth-order valence-corrected chi connectivity index (χ4v) is 13.6. The summed E-state index contributed by atoms with van der Waals surface area (Å²) in [5.74, 6) is 0.995. The quantitative estimate of drug-likeness (QED) is 0.0735. The number of para-hydroxylation sites is 3. The summed E-state index contributed by atoms with van der Waals surface area (Å²) in [4.78, 5) is 4.75. The van der Waals surface area contributed by atoms with E-state index in [4.69, 9.17) is 20.7 Å². The van der Waals surface area contributed by atoms with Crippen LogP contribution in [-0.2, 0) is 26.5 Å². The van der Waals surface area contributed by atoms with Gasteiger partial charge in [0.05, 0.1) is 23.6 Å². The monoisotopic (exact) mass is 1240 g/mol. The Kier molecular flexibility index (Phi) is 11.4. The van der Waals surface area contributed by atoms with E-state index in [0.717, 1.165) is 60.9 Å². The number of aryl methyl sites for hydroxylation is 1. The smallest absolute Gasteiger partial charge is 0.268 e. The van der Waals surface area contributed by atoms with Gasteiger partial charge in [-0.1, -0.05) is 220 Å². The van der Waals surface area contributed by atoms with Crippen LogP contribution in [0.3, 0.4) is 0 Å². The molecule has 0 N–H and O–H groups in total. The van der Waals surface area contributed by atoms with Gasteiger partial charge in [0, 0.05) is 54.0 Å². The molecule has 0 amide bonds. The molecular formula is C73H58N4OPtSi-2. The van der Waals surface area contributed by atoms with E-state index < -0.39 is 45.1 Å². The van der Waals surface area contributed by atoms with Gasteiger partial charge in [0.25, 0.3) is 6.33 Å². The molecule has 0 saturated carbocycles. The van der Waals surface area contributed by atoms with Crippen molar-refractivity contribution in [1.29, 1.82) is 0 Å². The summed E-state index contributed by atoms with van der Waals surface area (Å²) in [6, 6.07) is 75.3. The molecule has 10 aromatic carbocycles. The summed E-state index contributed by atoms with van der Waals surface area (Å²) in [5, 5.41) is 4.24. The van der Waals surface area contributed by atoms with Crippen molar-refractivity contribution in [3.05, 3.63) is 272 Å². The van der Waals surface area contributed by atoms with Crippen molar-refractivity contribution in [1.82, 2.24) is 14.1 Å². The Labute approximate surface area is 495 Å². The molecular weight excluding hydrogens is 1170 g/mol. The summed E-state index contributed by atoms with van der Waals surface area (Å²) in [5.41, 5.74) is 12.0. The van der Waals surface area contributed by atoms with Gasteiger partial charge < -0.3 is 13.9 Å². The first kappa shape index (κ1) is 43.2. The molecule has 13 rings (SSSR count). The molecule has 5 nitrogen and oxygen atoms in total. The number of fused-ring (bicyclic) bond motifs is 4. The van der Waals surface area contributed by atoms with Crippen molar-refractivity contribution in [2.75, 3.05) is 0 Å². The topological polar surface area (TPSA) is 35.9 Å². The number of imidazole rings is 1.